The minimum Gasteiger partial charge on any atom is -0.208 e. The van der Waals surface area contributed by atoms with Gasteiger partial charge in [0.1, 0.15) is 0 Å². The SMILES string of the molecule is c1ccc2cc(-c3nc(-c4ccc5c(ccc6c7ccccc7ccc56)c4)nc(-c4cccc5sc6ccccc6c45)n3)ccc2c1. The van der Waals surface area contributed by atoms with Crippen molar-refractivity contribution in [3.8, 4) is 34.2 Å². The van der Waals surface area contributed by atoms with E-state index in [-0.39, 0.29) is 0 Å². The van der Waals surface area contributed by atoms with Gasteiger partial charge in [0.25, 0.3) is 0 Å². The summed E-state index contributed by atoms with van der Waals surface area (Å²) < 4.78 is 2.48. The topological polar surface area (TPSA) is 38.7 Å². The van der Waals surface area contributed by atoms with Crippen LogP contribution in [0, 0.1) is 0 Å². The van der Waals surface area contributed by atoms with Crippen LogP contribution < -0.4 is 0 Å². The third-order valence-corrected chi connectivity index (χ3v) is 10.4. The fourth-order valence-corrected chi connectivity index (χ4v) is 8.14. The molecule has 0 aliphatic heterocycles. The first kappa shape index (κ1) is 26.3. The first-order valence-corrected chi connectivity index (χ1v) is 16.6. The maximum absolute atomic E-state index is 5.19. The lowest BCUT2D eigenvalue weighted by atomic mass is 9.96. The summed E-state index contributed by atoms with van der Waals surface area (Å²) >= 11 is 1.80. The van der Waals surface area contributed by atoms with Crippen molar-refractivity contribution < 1.29 is 0 Å². The molecule has 47 heavy (non-hydrogen) atoms. The van der Waals surface area contributed by atoms with Crippen LogP contribution in [-0.4, -0.2) is 15.0 Å². The van der Waals surface area contributed by atoms with Crippen molar-refractivity contribution in [2.75, 3.05) is 0 Å². The smallest absolute Gasteiger partial charge is 0.164 e. The van der Waals surface area contributed by atoms with Gasteiger partial charge in [0, 0.05) is 36.9 Å². The van der Waals surface area contributed by atoms with Crippen molar-refractivity contribution in [3.05, 3.63) is 152 Å². The third kappa shape index (κ3) is 4.23. The molecule has 0 saturated heterocycles. The highest BCUT2D eigenvalue weighted by molar-refractivity contribution is 7.25. The molecule has 10 rings (SSSR count). The van der Waals surface area contributed by atoms with Gasteiger partial charge in [0.15, 0.2) is 17.5 Å². The average Bonchev–Trinajstić information content (AvgIpc) is 3.53. The Morgan fingerprint density at radius 1 is 0.340 bits per heavy atom. The Morgan fingerprint density at radius 2 is 0.894 bits per heavy atom. The van der Waals surface area contributed by atoms with E-state index in [1.807, 2.05) is 0 Å². The molecule has 0 spiro atoms. The Kier molecular flexibility index (Phi) is 5.74. The second kappa shape index (κ2) is 10.3. The van der Waals surface area contributed by atoms with Crippen LogP contribution in [0.3, 0.4) is 0 Å². The van der Waals surface area contributed by atoms with Crippen LogP contribution in [0.1, 0.15) is 0 Å². The lowest BCUT2D eigenvalue weighted by molar-refractivity contribution is 1.08. The average molecular weight is 616 g/mol. The molecule has 4 heteroatoms. The highest BCUT2D eigenvalue weighted by atomic mass is 32.1. The van der Waals surface area contributed by atoms with Crippen molar-refractivity contribution in [2.45, 2.75) is 0 Å². The third-order valence-electron chi connectivity index (χ3n) is 9.29. The van der Waals surface area contributed by atoms with Crippen LogP contribution in [0.2, 0.25) is 0 Å². The fraction of sp³-hybridized carbons (Fsp3) is 0. The second-order valence-corrected chi connectivity index (χ2v) is 13.1. The van der Waals surface area contributed by atoms with Crippen molar-refractivity contribution in [1.82, 2.24) is 15.0 Å². The molecule has 8 aromatic carbocycles. The van der Waals surface area contributed by atoms with Crippen LogP contribution in [0.15, 0.2) is 152 Å². The van der Waals surface area contributed by atoms with Crippen molar-refractivity contribution in [2.24, 2.45) is 0 Å². The van der Waals surface area contributed by atoms with E-state index >= 15 is 0 Å². The number of hydrogen-bond acceptors (Lipinski definition) is 4. The van der Waals surface area contributed by atoms with Crippen LogP contribution in [-0.2, 0) is 0 Å². The lowest BCUT2D eigenvalue weighted by Gasteiger charge is -2.12. The van der Waals surface area contributed by atoms with E-state index in [1.165, 1.54) is 52.5 Å². The number of benzene rings is 8. The molecule has 0 amide bonds. The first-order valence-electron chi connectivity index (χ1n) is 15.8. The summed E-state index contributed by atoms with van der Waals surface area (Å²) in [6.07, 6.45) is 0. The first-order chi connectivity index (χ1) is 23.3. The second-order valence-electron chi connectivity index (χ2n) is 12.0. The largest absolute Gasteiger partial charge is 0.208 e. The standard InChI is InChI=1S/C43H25N3S/c1-2-10-28-24-30(17-16-26(28)8-1)41-44-42(46-43(45-41)37-13-7-15-39-40(37)36-12-5-6-14-38(36)47-39)31-20-21-33-29(25-31)19-23-34-32-11-4-3-9-27(32)18-22-35(33)34/h1-25H. The fourth-order valence-electron chi connectivity index (χ4n) is 7.01. The maximum Gasteiger partial charge on any atom is 0.164 e. The van der Waals surface area contributed by atoms with Crippen LogP contribution in [0.4, 0.5) is 0 Å². The Bertz CT molecular complexity index is 2870. The predicted molar refractivity (Wildman–Crippen MR) is 199 cm³/mol. The predicted octanol–water partition coefficient (Wildman–Crippen LogP) is 11.9. The van der Waals surface area contributed by atoms with E-state index in [2.05, 4.69) is 152 Å². The molecule has 3 nitrogen and oxygen atoms in total. The zero-order chi connectivity index (χ0) is 30.9. The minimum absolute atomic E-state index is 0.662. The highest BCUT2D eigenvalue weighted by Crippen LogP contribution is 2.40. The zero-order valence-electron chi connectivity index (χ0n) is 25.2. The molecule has 2 heterocycles. The summed E-state index contributed by atoms with van der Waals surface area (Å²) in [5.41, 5.74) is 2.95. The number of fused-ring (bicyclic) bond motifs is 9. The van der Waals surface area contributed by atoms with E-state index < -0.39 is 0 Å². The number of nitrogens with zero attached hydrogens (tertiary/aromatic N) is 3. The summed E-state index contributed by atoms with van der Waals surface area (Å²) in [5, 5.41) is 12.2. The van der Waals surface area contributed by atoms with Crippen LogP contribution >= 0.6 is 11.3 Å². The van der Waals surface area contributed by atoms with E-state index in [0.717, 1.165) is 27.5 Å². The Labute approximate surface area is 274 Å². The van der Waals surface area contributed by atoms with Crippen LogP contribution in [0.25, 0.3) is 97.4 Å². The number of rotatable bonds is 3. The Morgan fingerprint density at radius 3 is 1.72 bits per heavy atom. The summed E-state index contributed by atoms with van der Waals surface area (Å²) in [7, 11) is 0. The van der Waals surface area contributed by atoms with Gasteiger partial charge in [-0.25, -0.2) is 15.0 Å². The highest BCUT2D eigenvalue weighted by Gasteiger charge is 2.17. The quantitative estimate of drug-likeness (QED) is 0.186. The minimum atomic E-state index is 0.662. The van der Waals surface area contributed by atoms with Gasteiger partial charge in [-0.05, 0) is 67.4 Å². The molecular weight excluding hydrogens is 591 g/mol. The number of hydrogen-bond donors (Lipinski definition) is 0. The molecule has 0 bridgehead atoms. The molecule has 0 N–H and O–H groups in total. The summed E-state index contributed by atoms with van der Waals surface area (Å²) in [6, 6.07) is 53.9. The molecule has 0 unspecified atom stereocenters. The maximum atomic E-state index is 5.19. The molecule has 0 fully saturated rings. The summed E-state index contributed by atoms with van der Waals surface area (Å²) in [4.78, 5) is 15.5. The molecule has 2 aromatic heterocycles. The molecule has 10 aromatic rings. The van der Waals surface area contributed by atoms with E-state index in [0.29, 0.717) is 17.5 Å². The number of aromatic nitrogens is 3. The molecule has 0 saturated carbocycles. The molecule has 0 radical (unpaired) electrons. The Balaban J connectivity index is 1.21. The van der Waals surface area contributed by atoms with Gasteiger partial charge in [0.05, 0.1) is 0 Å². The zero-order valence-corrected chi connectivity index (χ0v) is 26.0. The van der Waals surface area contributed by atoms with E-state index in [9.17, 15) is 0 Å². The van der Waals surface area contributed by atoms with Gasteiger partial charge in [-0.1, -0.05) is 127 Å². The summed E-state index contributed by atoms with van der Waals surface area (Å²) in [6.45, 7) is 0. The van der Waals surface area contributed by atoms with Crippen molar-refractivity contribution in [3.63, 3.8) is 0 Å². The van der Waals surface area contributed by atoms with Gasteiger partial charge in [0.2, 0.25) is 0 Å². The molecule has 0 atom stereocenters. The molecular formula is C43H25N3S. The van der Waals surface area contributed by atoms with Crippen molar-refractivity contribution in [1.29, 1.82) is 0 Å². The Hall–Kier alpha value is -5.97. The molecule has 218 valence electrons. The molecule has 0 aliphatic rings. The molecule has 0 aliphatic carbocycles. The van der Waals surface area contributed by atoms with Gasteiger partial charge in [-0.3, -0.25) is 0 Å². The van der Waals surface area contributed by atoms with Gasteiger partial charge >= 0.3 is 0 Å². The monoisotopic (exact) mass is 615 g/mol. The van der Waals surface area contributed by atoms with Crippen LogP contribution in [0.5, 0.6) is 0 Å². The van der Waals surface area contributed by atoms with Gasteiger partial charge in [-0.15, -0.1) is 11.3 Å². The van der Waals surface area contributed by atoms with Gasteiger partial charge < -0.3 is 0 Å². The normalized spacial score (nSPS) is 11.8. The lowest BCUT2D eigenvalue weighted by Crippen LogP contribution is -2.00. The van der Waals surface area contributed by atoms with Crippen molar-refractivity contribution >= 4 is 74.6 Å². The summed E-state index contributed by atoms with van der Waals surface area (Å²) in [5.74, 6) is 2.00. The number of thiophene rings is 1. The van der Waals surface area contributed by atoms with E-state index in [1.54, 1.807) is 11.3 Å². The van der Waals surface area contributed by atoms with E-state index in [4.69, 9.17) is 15.0 Å². The van der Waals surface area contributed by atoms with Gasteiger partial charge in [-0.2, -0.15) is 0 Å².